The zero-order chi connectivity index (χ0) is 19.9. The molecule has 1 amide bonds. The molecule has 0 aliphatic carbocycles. The first kappa shape index (κ1) is 19.6. The highest BCUT2D eigenvalue weighted by Gasteiger charge is 2.10. The van der Waals surface area contributed by atoms with Crippen LogP contribution in [-0.2, 0) is 6.54 Å². The number of carbonyl (C=O) groups is 2. The number of ether oxygens (including phenoxy) is 1. The Morgan fingerprint density at radius 3 is 2.50 bits per heavy atom. The summed E-state index contributed by atoms with van der Waals surface area (Å²) in [5, 5.41) is 3.50. The van der Waals surface area contributed by atoms with Crippen molar-refractivity contribution >= 4 is 23.8 Å². The van der Waals surface area contributed by atoms with Crippen molar-refractivity contribution in [3.05, 3.63) is 88.4 Å². The van der Waals surface area contributed by atoms with Crippen LogP contribution in [0.25, 0.3) is 11.1 Å². The van der Waals surface area contributed by atoms with Gasteiger partial charge in [0, 0.05) is 28.3 Å². The van der Waals surface area contributed by atoms with Crippen LogP contribution in [-0.4, -0.2) is 18.8 Å². The molecule has 0 fully saturated rings. The molecule has 1 N–H and O–H groups in total. The minimum Gasteiger partial charge on any atom is -0.494 e. The fourth-order valence-electron chi connectivity index (χ4n) is 2.86. The molecule has 0 radical (unpaired) electrons. The SMILES string of the molecule is CCOc1ccc(-c2cccc(C=O)c2)cc1CNC(=O)c1ccc(Cl)cc1. The standard InChI is InChI=1S/C23H20ClNO3/c1-2-28-22-11-8-19(18-5-3-4-16(12-18)15-26)13-20(22)14-25-23(27)17-6-9-21(24)10-7-17/h3-13,15H,2,14H2,1H3,(H,25,27). The lowest BCUT2D eigenvalue weighted by Gasteiger charge is -2.14. The summed E-state index contributed by atoms with van der Waals surface area (Å²) >= 11 is 5.87. The topological polar surface area (TPSA) is 55.4 Å². The normalized spacial score (nSPS) is 10.4. The van der Waals surface area contributed by atoms with E-state index in [1.165, 1.54) is 0 Å². The first-order chi connectivity index (χ1) is 13.6. The number of hydrogen-bond donors (Lipinski definition) is 1. The number of aldehydes is 1. The van der Waals surface area contributed by atoms with Gasteiger partial charge in [-0.15, -0.1) is 0 Å². The molecular formula is C23H20ClNO3. The number of hydrogen-bond acceptors (Lipinski definition) is 3. The second kappa shape index (κ2) is 9.20. The van der Waals surface area contributed by atoms with Crippen molar-refractivity contribution in [1.82, 2.24) is 5.32 Å². The minimum atomic E-state index is -0.188. The maximum Gasteiger partial charge on any atom is 0.251 e. The molecule has 0 spiro atoms. The maximum absolute atomic E-state index is 12.4. The number of halogens is 1. The van der Waals surface area contributed by atoms with E-state index in [-0.39, 0.29) is 5.91 Å². The second-order valence-electron chi connectivity index (χ2n) is 6.19. The Balaban J connectivity index is 1.84. The van der Waals surface area contributed by atoms with E-state index >= 15 is 0 Å². The number of carbonyl (C=O) groups excluding carboxylic acids is 2. The van der Waals surface area contributed by atoms with Gasteiger partial charge in [0.1, 0.15) is 12.0 Å². The summed E-state index contributed by atoms with van der Waals surface area (Å²) in [6.07, 6.45) is 0.825. The van der Waals surface area contributed by atoms with Crippen molar-refractivity contribution in [2.75, 3.05) is 6.61 Å². The summed E-state index contributed by atoms with van der Waals surface area (Å²) < 4.78 is 5.70. The molecule has 0 aliphatic heterocycles. The predicted octanol–water partition coefficient (Wildman–Crippen LogP) is 5.15. The van der Waals surface area contributed by atoms with E-state index in [0.717, 1.165) is 23.0 Å². The quantitative estimate of drug-likeness (QED) is 0.565. The van der Waals surface area contributed by atoms with E-state index < -0.39 is 0 Å². The van der Waals surface area contributed by atoms with E-state index in [9.17, 15) is 9.59 Å². The average Bonchev–Trinajstić information content (AvgIpc) is 2.73. The number of nitrogens with one attached hydrogen (secondary N) is 1. The van der Waals surface area contributed by atoms with E-state index in [2.05, 4.69) is 5.32 Å². The van der Waals surface area contributed by atoms with E-state index in [4.69, 9.17) is 16.3 Å². The smallest absolute Gasteiger partial charge is 0.251 e. The molecule has 3 rings (SSSR count). The molecule has 5 heteroatoms. The molecule has 0 saturated carbocycles. The van der Waals surface area contributed by atoms with Gasteiger partial charge in [0.05, 0.1) is 6.61 Å². The predicted molar refractivity (Wildman–Crippen MR) is 111 cm³/mol. The lowest BCUT2D eigenvalue weighted by molar-refractivity contribution is 0.0950. The Hall–Kier alpha value is -3.11. The average molecular weight is 394 g/mol. The van der Waals surface area contributed by atoms with Crippen LogP contribution in [0.5, 0.6) is 5.75 Å². The van der Waals surface area contributed by atoms with Crippen molar-refractivity contribution in [3.63, 3.8) is 0 Å². The second-order valence-corrected chi connectivity index (χ2v) is 6.62. The van der Waals surface area contributed by atoms with Gasteiger partial charge in [0.25, 0.3) is 5.91 Å². The van der Waals surface area contributed by atoms with Gasteiger partial charge in [0.2, 0.25) is 0 Å². The molecule has 0 unspecified atom stereocenters. The van der Waals surface area contributed by atoms with Gasteiger partial charge in [-0.25, -0.2) is 0 Å². The lowest BCUT2D eigenvalue weighted by atomic mass is 10.0. The Bertz CT molecular complexity index is 983. The number of rotatable bonds is 7. The monoisotopic (exact) mass is 393 g/mol. The highest BCUT2D eigenvalue weighted by atomic mass is 35.5. The summed E-state index contributed by atoms with van der Waals surface area (Å²) in [6.45, 7) is 2.76. The van der Waals surface area contributed by atoms with E-state index in [1.54, 1.807) is 30.3 Å². The Morgan fingerprint density at radius 1 is 1.04 bits per heavy atom. The molecule has 4 nitrogen and oxygen atoms in total. The van der Waals surface area contributed by atoms with Gasteiger partial charge in [0.15, 0.2) is 0 Å². The van der Waals surface area contributed by atoms with Gasteiger partial charge in [-0.05, 0) is 60.5 Å². The summed E-state index contributed by atoms with van der Waals surface area (Å²) in [5.74, 6) is 0.529. The van der Waals surface area contributed by atoms with Crippen molar-refractivity contribution in [3.8, 4) is 16.9 Å². The third-order valence-electron chi connectivity index (χ3n) is 4.26. The zero-order valence-corrected chi connectivity index (χ0v) is 16.2. The largest absolute Gasteiger partial charge is 0.494 e. The molecule has 0 atom stereocenters. The molecule has 28 heavy (non-hydrogen) atoms. The molecule has 3 aromatic rings. The Labute approximate surface area is 169 Å². The molecular weight excluding hydrogens is 374 g/mol. The van der Waals surface area contributed by atoms with Crippen LogP contribution < -0.4 is 10.1 Å². The van der Waals surface area contributed by atoms with Gasteiger partial charge in [-0.3, -0.25) is 9.59 Å². The van der Waals surface area contributed by atoms with E-state index in [0.29, 0.717) is 35.1 Å². The van der Waals surface area contributed by atoms with Crippen molar-refractivity contribution in [1.29, 1.82) is 0 Å². The van der Waals surface area contributed by atoms with Crippen LogP contribution in [0.2, 0.25) is 5.02 Å². The molecule has 0 saturated heterocycles. The van der Waals surface area contributed by atoms with Crippen molar-refractivity contribution in [2.24, 2.45) is 0 Å². The van der Waals surface area contributed by atoms with Crippen LogP contribution in [0.15, 0.2) is 66.7 Å². The maximum atomic E-state index is 12.4. The summed E-state index contributed by atoms with van der Waals surface area (Å²) in [7, 11) is 0. The highest BCUT2D eigenvalue weighted by Crippen LogP contribution is 2.27. The van der Waals surface area contributed by atoms with Crippen LogP contribution in [0, 0.1) is 0 Å². The molecule has 142 valence electrons. The molecule has 0 heterocycles. The van der Waals surface area contributed by atoms with Crippen LogP contribution in [0.4, 0.5) is 0 Å². The molecule has 0 bridgehead atoms. The van der Waals surface area contributed by atoms with Crippen LogP contribution in [0.3, 0.4) is 0 Å². The minimum absolute atomic E-state index is 0.188. The summed E-state index contributed by atoms with van der Waals surface area (Å²) in [6, 6.07) is 19.9. The lowest BCUT2D eigenvalue weighted by Crippen LogP contribution is -2.23. The molecule has 0 aromatic heterocycles. The number of amides is 1. The van der Waals surface area contributed by atoms with Gasteiger partial charge in [-0.2, -0.15) is 0 Å². The summed E-state index contributed by atoms with van der Waals surface area (Å²) in [4.78, 5) is 23.5. The van der Waals surface area contributed by atoms with Crippen molar-refractivity contribution in [2.45, 2.75) is 13.5 Å². The van der Waals surface area contributed by atoms with Crippen LogP contribution >= 0.6 is 11.6 Å². The first-order valence-electron chi connectivity index (χ1n) is 8.96. The Kier molecular flexibility index (Phi) is 6.45. The van der Waals surface area contributed by atoms with Crippen molar-refractivity contribution < 1.29 is 14.3 Å². The third kappa shape index (κ3) is 4.78. The van der Waals surface area contributed by atoms with Gasteiger partial charge in [-0.1, -0.05) is 35.9 Å². The zero-order valence-electron chi connectivity index (χ0n) is 15.4. The molecule has 3 aromatic carbocycles. The third-order valence-corrected chi connectivity index (χ3v) is 4.51. The highest BCUT2D eigenvalue weighted by molar-refractivity contribution is 6.30. The first-order valence-corrected chi connectivity index (χ1v) is 9.33. The fourth-order valence-corrected chi connectivity index (χ4v) is 2.99. The molecule has 0 aliphatic rings. The van der Waals surface area contributed by atoms with E-state index in [1.807, 2.05) is 43.3 Å². The Morgan fingerprint density at radius 2 is 1.79 bits per heavy atom. The fraction of sp³-hybridized carbons (Fsp3) is 0.130. The van der Waals surface area contributed by atoms with Crippen LogP contribution in [0.1, 0.15) is 33.2 Å². The number of benzene rings is 3. The summed E-state index contributed by atoms with van der Waals surface area (Å²) in [5.41, 5.74) is 3.89. The van der Waals surface area contributed by atoms with Gasteiger partial charge >= 0.3 is 0 Å². The van der Waals surface area contributed by atoms with Gasteiger partial charge < -0.3 is 10.1 Å².